The Bertz CT molecular complexity index is 1360. The van der Waals surface area contributed by atoms with Crippen molar-refractivity contribution in [2.24, 2.45) is 5.10 Å². The molecule has 3 aromatic carbocycles. The van der Waals surface area contributed by atoms with Gasteiger partial charge in [0.25, 0.3) is 0 Å². The number of nitrogens with zero attached hydrogens (tertiary/aromatic N) is 2. The van der Waals surface area contributed by atoms with Gasteiger partial charge in [-0.3, -0.25) is 14.9 Å². The van der Waals surface area contributed by atoms with Crippen LogP contribution in [0.3, 0.4) is 0 Å². The number of hydrazone groups is 1. The van der Waals surface area contributed by atoms with E-state index in [-0.39, 0.29) is 17.3 Å². The van der Waals surface area contributed by atoms with Crippen LogP contribution in [0.5, 0.6) is 11.5 Å². The summed E-state index contributed by atoms with van der Waals surface area (Å²) < 4.78 is 49.3. The first-order chi connectivity index (χ1) is 16.2. The van der Waals surface area contributed by atoms with Crippen LogP contribution in [0.4, 0.5) is 18.9 Å². The number of fused-ring (bicyclic) bond motifs is 1. The molecule has 11 heteroatoms. The molecule has 4 aromatic rings. The second-order valence-electron chi connectivity index (χ2n) is 6.96. The quantitative estimate of drug-likeness (QED) is 0.214. The van der Waals surface area contributed by atoms with Crippen molar-refractivity contribution in [3.63, 3.8) is 0 Å². The minimum atomic E-state index is -4.72. The largest absolute Gasteiger partial charge is 0.451 e. The van der Waals surface area contributed by atoms with Crippen LogP contribution in [0.25, 0.3) is 11.0 Å². The number of nitrogens with one attached hydrogen (secondary N) is 1. The summed E-state index contributed by atoms with van der Waals surface area (Å²) in [6.45, 7) is 0. The highest BCUT2D eigenvalue weighted by Gasteiger charge is 2.33. The zero-order chi connectivity index (χ0) is 24.3. The van der Waals surface area contributed by atoms with Gasteiger partial charge in [-0.25, -0.2) is 5.43 Å². The molecule has 0 fully saturated rings. The summed E-state index contributed by atoms with van der Waals surface area (Å²) in [5, 5.41) is 15.8. The van der Waals surface area contributed by atoms with E-state index in [0.29, 0.717) is 23.3 Å². The molecular weight excluding hydrogens is 455 g/mol. The van der Waals surface area contributed by atoms with E-state index in [0.717, 1.165) is 11.5 Å². The number of para-hydroxylation sites is 1. The van der Waals surface area contributed by atoms with Crippen molar-refractivity contribution in [2.45, 2.75) is 6.18 Å². The SMILES string of the molecule is O=C(N/N=C\c1ccc(Oc2ccc(C(F)(F)F)cc2[N+](=O)[O-])cc1)c1cc2ccccc2o1. The van der Waals surface area contributed by atoms with E-state index in [9.17, 15) is 28.1 Å². The van der Waals surface area contributed by atoms with Crippen LogP contribution in [0.1, 0.15) is 21.7 Å². The molecule has 0 saturated carbocycles. The van der Waals surface area contributed by atoms with Crippen molar-refractivity contribution in [1.29, 1.82) is 0 Å². The first-order valence-electron chi connectivity index (χ1n) is 9.66. The Morgan fingerprint density at radius 3 is 2.47 bits per heavy atom. The highest BCUT2D eigenvalue weighted by molar-refractivity contribution is 5.96. The maximum absolute atomic E-state index is 12.8. The number of nitro benzene ring substituents is 1. The fourth-order valence-electron chi connectivity index (χ4n) is 2.99. The molecule has 0 saturated heterocycles. The zero-order valence-corrected chi connectivity index (χ0v) is 17.1. The van der Waals surface area contributed by atoms with E-state index < -0.39 is 28.3 Å². The Morgan fingerprint density at radius 1 is 1.06 bits per heavy atom. The maximum atomic E-state index is 12.8. The summed E-state index contributed by atoms with van der Waals surface area (Å²) in [6, 6.07) is 16.7. The molecule has 1 aromatic heterocycles. The Hall–Kier alpha value is -4.67. The van der Waals surface area contributed by atoms with Crippen LogP contribution >= 0.6 is 0 Å². The molecule has 0 aliphatic heterocycles. The topological polar surface area (TPSA) is 107 Å². The molecule has 0 bridgehead atoms. The summed E-state index contributed by atoms with van der Waals surface area (Å²) in [5.41, 5.74) is 1.50. The third-order valence-electron chi connectivity index (χ3n) is 4.62. The van der Waals surface area contributed by atoms with Crippen molar-refractivity contribution >= 4 is 28.8 Å². The summed E-state index contributed by atoms with van der Waals surface area (Å²) in [5.74, 6) is -0.619. The van der Waals surface area contributed by atoms with E-state index in [1.54, 1.807) is 30.3 Å². The molecule has 34 heavy (non-hydrogen) atoms. The molecule has 0 atom stereocenters. The predicted octanol–water partition coefficient (Wildman–Crippen LogP) is 5.92. The van der Waals surface area contributed by atoms with Crippen LogP contribution < -0.4 is 10.2 Å². The van der Waals surface area contributed by atoms with Gasteiger partial charge in [-0.2, -0.15) is 18.3 Å². The van der Waals surface area contributed by atoms with Crippen molar-refractivity contribution in [3.05, 3.63) is 99.8 Å². The van der Waals surface area contributed by atoms with E-state index >= 15 is 0 Å². The number of benzene rings is 3. The number of carbonyl (C=O) groups excluding carboxylic acids is 1. The van der Waals surface area contributed by atoms with Gasteiger partial charge in [0, 0.05) is 11.5 Å². The lowest BCUT2D eigenvalue weighted by Gasteiger charge is -2.10. The number of carbonyl (C=O) groups is 1. The van der Waals surface area contributed by atoms with Crippen molar-refractivity contribution in [3.8, 4) is 11.5 Å². The summed E-state index contributed by atoms with van der Waals surface area (Å²) >= 11 is 0. The Kier molecular flexibility index (Phi) is 6.00. The number of hydrogen-bond donors (Lipinski definition) is 1. The van der Waals surface area contributed by atoms with Gasteiger partial charge in [0.2, 0.25) is 5.75 Å². The predicted molar refractivity (Wildman–Crippen MR) is 116 cm³/mol. The van der Waals surface area contributed by atoms with Crippen LogP contribution in [0.15, 0.2) is 82.3 Å². The molecule has 4 rings (SSSR count). The van der Waals surface area contributed by atoms with Gasteiger partial charge in [0.05, 0.1) is 16.7 Å². The third-order valence-corrected chi connectivity index (χ3v) is 4.62. The summed E-state index contributed by atoms with van der Waals surface area (Å²) in [6.07, 6.45) is -3.37. The molecule has 1 N–H and O–H groups in total. The molecule has 172 valence electrons. The molecule has 0 aliphatic rings. The van der Waals surface area contributed by atoms with Crippen molar-refractivity contribution < 1.29 is 32.0 Å². The first kappa shape index (κ1) is 22.5. The van der Waals surface area contributed by atoms with Gasteiger partial charge in [0.15, 0.2) is 5.76 Å². The normalized spacial score (nSPS) is 11.6. The maximum Gasteiger partial charge on any atom is 0.416 e. The number of furan rings is 1. The lowest BCUT2D eigenvalue weighted by Crippen LogP contribution is -2.16. The molecule has 1 amide bonds. The lowest BCUT2D eigenvalue weighted by atomic mass is 10.2. The Labute approximate surface area is 189 Å². The average Bonchev–Trinajstić information content (AvgIpc) is 3.24. The number of rotatable bonds is 6. The monoisotopic (exact) mass is 469 g/mol. The lowest BCUT2D eigenvalue weighted by molar-refractivity contribution is -0.385. The fraction of sp³-hybridized carbons (Fsp3) is 0.0435. The molecule has 0 spiro atoms. The molecule has 0 unspecified atom stereocenters. The number of nitro groups is 1. The van der Waals surface area contributed by atoms with Gasteiger partial charge in [-0.1, -0.05) is 18.2 Å². The van der Waals surface area contributed by atoms with E-state index in [2.05, 4.69) is 10.5 Å². The van der Waals surface area contributed by atoms with E-state index in [1.165, 1.54) is 18.3 Å². The fourth-order valence-corrected chi connectivity index (χ4v) is 2.99. The number of amides is 1. The highest BCUT2D eigenvalue weighted by Crippen LogP contribution is 2.37. The van der Waals surface area contributed by atoms with E-state index in [4.69, 9.17) is 9.15 Å². The van der Waals surface area contributed by atoms with Gasteiger partial charge in [-0.05, 0) is 54.1 Å². The molecule has 1 heterocycles. The second kappa shape index (κ2) is 9.06. The van der Waals surface area contributed by atoms with Crippen LogP contribution in [-0.2, 0) is 6.18 Å². The molecular formula is C23H14F3N3O5. The van der Waals surface area contributed by atoms with Crippen LogP contribution in [0, 0.1) is 10.1 Å². The van der Waals surface area contributed by atoms with Gasteiger partial charge in [0.1, 0.15) is 11.3 Å². The second-order valence-corrected chi connectivity index (χ2v) is 6.96. The van der Waals surface area contributed by atoms with Crippen molar-refractivity contribution in [1.82, 2.24) is 5.43 Å². The molecule has 8 nitrogen and oxygen atoms in total. The van der Waals surface area contributed by atoms with Gasteiger partial charge in [-0.15, -0.1) is 0 Å². The number of hydrogen-bond acceptors (Lipinski definition) is 6. The minimum Gasteiger partial charge on any atom is -0.451 e. The van der Waals surface area contributed by atoms with Crippen LogP contribution in [0.2, 0.25) is 0 Å². The third kappa shape index (κ3) is 5.04. The summed E-state index contributed by atoms with van der Waals surface area (Å²) in [4.78, 5) is 22.4. The average molecular weight is 469 g/mol. The highest BCUT2D eigenvalue weighted by atomic mass is 19.4. The van der Waals surface area contributed by atoms with E-state index in [1.807, 2.05) is 12.1 Å². The Morgan fingerprint density at radius 2 is 1.79 bits per heavy atom. The Balaban J connectivity index is 1.41. The first-order valence-corrected chi connectivity index (χ1v) is 9.66. The van der Waals surface area contributed by atoms with Gasteiger partial charge >= 0.3 is 17.8 Å². The van der Waals surface area contributed by atoms with Crippen LogP contribution in [-0.4, -0.2) is 17.0 Å². The minimum absolute atomic E-state index is 0.0974. The summed E-state index contributed by atoms with van der Waals surface area (Å²) in [7, 11) is 0. The number of alkyl halides is 3. The standard InChI is InChI=1S/C23H14F3N3O5/c24-23(25,26)16-7-10-20(18(12-16)29(31)32)33-17-8-5-14(6-9-17)13-27-28-22(30)21-11-15-3-1-2-4-19(15)34-21/h1-13H,(H,28,30)/b27-13-. The molecule has 0 aliphatic carbocycles. The number of halogens is 3. The number of ether oxygens (including phenoxy) is 1. The van der Waals surface area contributed by atoms with Crippen molar-refractivity contribution in [2.75, 3.05) is 0 Å². The molecule has 0 radical (unpaired) electrons. The zero-order valence-electron chi connectivity index (χ0n) is 17.1. The van der Waals surface area contributed by atoms with Gasteiger partial charge < -0.3 is 9.15 Å². The smallest absolute Gasteiger partial charge is 0.416 e.